The number of hydrogen-bond donors (Lipinski definition) is 2. The van der Waals surface area contributed by atoms with Crippen molar-refractivity contribution < 1.29 is 27.9 Å². The van der Waals surface area contributed by atoms with E-state index in [9.17, 15) is 27.9 Å². The van der Waals surface area contributed by atoms with Crippen molar-refractivity contribution in [3.63, 3.8) is 0 Å². The van der Waals surface area contributed by atoms with Gasteiger partial charge in [-0.2, -0.15) is 0 Å². The van der Waals surface area contributed by atoms with E-state index in [0.717, 1.165) is 26.9 Å². The first kappa shape index (κ1) is 28.2. The van der Waals surface area contributed by atoms with Crippen LogP contribution < -0.4 is 5.32 Å². The van der Waals surface area contributed by atoms with E-state index >= 15 is 0 Å². The average molecular weight is 594 g/mol. The molecule has 5 rings (SSSR count). The van der Waals surface area contributed by atoms with Gasteiger partial charge in [-0.3, -0.25) is 23.3 Å². The van der Waals surface area contributed by atoms with E-state index in [1.54, 1.807) is 26.1 Å². The lowest BCUT2D eigenvalue weighted by Crippen LogP contribution is -2.56. The maximum absolute atomic E-state index is 13.0. The largest absolute Gasteiger partial charge is 0.481 e. The number of carbonyl (C=O) groups excluding carboxylic acids is 2. The third kappa shape index (κ3) is 5.63. The maximum atomic E-state index is 13.0. The Labute approximate surface area is 240 Å². The van der Waals surface area contributed by atoms with Crippen LogP contribution in [-0.2, 0) is 25.0 Å². The molecule has 1 aliphatic rings. The molecule has 0 unspecified atom stereocenters. The normalized spacial score (nSPS) is 15.3. The van der Waals surface area contributed by atoms with Crippen molar-refractivity contribution >= 4 is 44.3 Å². The number of amides is 2. The van der Waals surface area contributed by atoms with Gasteiger partial charge >= 0.3 is 5.97 Å². The lowest BCUT2D eigenvalue weighted by atomic mass is 9.87. The lowest BCUT2D eigenvalue weighted by Gasteiger charge is -2.39. The number of carboxylic acid groups (broad SMARTS) is 1. The van der Waals surface area contributed by atoms with Crippen molar-refractivity contribution in [2.45, 2.75) is 31.7 Å². The molecule has 2 N–H and O–H groups in total. The van der Waals surface area contributed by atoms with Crippen LogP contribution in [-0.4, -0.2) is 69.0 Å². The Hall–Kier alpha value is -4.36. The molecule has 1 saturated heterocycles. The number of nitrogens with one attached hydrogen (secondary N) is 1. The summed E-state index contributed by atoms with van der Waals surface area (Å²) in [5.74, 6) is -1.75. The Morgan fingerprint density at radius 1 is 1.10 bits per heavy atom. The van der Waals surface area contributed by atoms with E-state index in [1.165, 1.54) is 34.7 Å². The van der Waals surface area contributed by atoms with Gasteiger partial charge in [0, 0.05) is 36.1 Å². The zero-order valence-electron chi connectivity index (χ0n) is 22.4. The predicted octanol–water partition coefficient (Wildman–Crippen LogP) is 3.70. The minimum atomic E-state index is -3.52. The fraction of sp³-hybridized carbons (Fsp3) is 0.250. The van der Waals surface area contributed by atoms with Gasteiger partial charge in [0.2, 0.25) is 15.9 Å². The predicted molar refractivity (Wildman–Crippen MR) is 154 cm³/mol. The molecule has 13 heteroatoms. The van der Waals surface area contributed by atoms with Crippen molar-refractivity contribution in [2.24, 2.45) is 0 Å². The highest BCUT2D eigenvalue weighted by atomic mass is 32.2. The summed E-state index contributed by atoms with van der Waals surface area (Å²) < 4.78 is 24.4. The zero-order valence-corrected chi connectivity index (χ0v) is 24.1. The van der Waals surface area contributed by atoms with Crippen LogP contribution in [0.25, 0.3) is 22.4 Å². The van der Waals surface area contributed by atoms with Crippen LogP contribution in [0.15, 0.2) is 66.4 Å². The topological polar surface area (TPSA) is 152 Å². The third-order valence-electron chi connectivity index (χ3n) is 7.04. The van der Waals surface area contributed by atoms with Gasteiger partial charge in [-0.1, -0.05) is 18.2 Å². The molecule has 1 aliphatic heterocycles. The molecule has 4 heterocycles. The molecule has 0 bridgehead atoms. The number of pyridine rings is 1. The number of likely N-dealkylation sites (tertiary alicyclic amines) is 1. The number of aliphatic carboxylic acids is 1. The molecule has 0 saturated carbocycles. The van der Waals surface area contributed by atoms with Crippen LogP contribution in [0.5, 0.6) is 0 Å². The summed E-state index contributed by atoms with van der Waals surface area (Å²) in [7, 11) is -3.52. The van der Waals surface area contributed by atoms with Crippen LogP contribution in [0.4, 0.5) is 5.13 Å². The minimum absolute atomic E-state index is 0.192. The van der Waals surface area contributed by atoms with Crippen molar-refractivity contribution in [3.05, 3.63) is 77.7 Å². The number of rotatable bonds is 8. The van der Waals surface area contributed by atoms with E-state index < -0.39 is 33.4 Å². The van der Waals surface area contributed by atoms with Crippen LogP contribution in [0.1, 0.15) is 36.3 Å². The fourth-order valence-corrected chi connectivity index (χ4v) is 5.66. The Morgan fingerprint density at radius 3 is 2.49 bits per heavy atom. The summed E-state index contributed by atoms with van der Waals surface area (Å²) in [4.78, 5) is 47.7. The van der Waals surface area contributed by atoms with E-state index in [4.69, 9.17) is 0 Å². The second-order valence-electron chi connectivity index (χ2n) is 10.3. The summed E-state index contributed by atoms with van der Waals surface area (Å²) in [6.45, 7) is 3.60. The summed E-state index contributed by atoms with van der Waals surface area (Å²) in [6, 6.07) is 11.9. The molecule has 3 aromatic heterocycles. The first-order valence-electron chi connectivity index (χ1n) is 12.6. The molecular weight excluding hydrogens is 566 g/mol. The van der Waals surface area contributed by atoms with E-state index in [2.05, 4.69) is 15.3 Å². The van der Waals surface area contributed by atoms with Gasteiger partial charge in [-0.25, -0.2) is 13.4 Å². The summed E-state index contributed by atoms with van der Waals surface area (Å²) in [6.07, 6.45) is 5.66. The highest BCUT2D eigenvalue weighted by Gasteiger charge is 2.38. The molecule has 212 valence electrons. The molecule has 1 aromatic carbocycles. The molecule has 0 spiro atoms. The monoisotopic (exact) mass is 593 g/mol. The van der Waals surface area contributed by atoms with Gasteiger partial charge in [-0.05, 0) is 55.7 Å². The Balaban J connectivity index is 1.28. The SMILES string of the molecule is CC(C)(C(=O)O)c1cc(-c2cccc(-c3csc(NC(=O)[C@@H]4CCN4C(=O)c4ccn(S(C)(=O)=O)c4)n3)c2)ccn1. The number of aromatic nitrogens is 3. The molecule has 1 atom stereocenters. The number of nitrogens with zero attached hydrogens (tertiary/aromatic N) is 4. The smallest absolute Gasteiger partial charge is 0.315 e. The van der Waals surface area contributed by atoms with Gasteiger partial charge in [-0.15, -0.1) is 11.3 Å². The van der Waals surface area contributed by atoms with Crippen molar-refractivity contribution in [1.29, 1.82) is 0 Å². The molecule has 2 amide bonds. The van der Waals surface area contributed by atoms with Gasteiger partial charge in [0.05, 0.1) is 23.2 Å². The van der Waals surface area contributed by atoms with E-state index in [1.807, 2.05) is 35.7 Å². The molecular formula is C28H27N5O6S2. The van der Waals surface area contributed by atoms with Crippen molar-refractivity contribution in [1.82, 2.24) is 18.8 Å². The Kier molecular flexibility index (Phi) is 7.26. The highest BCUT2D eigenvalue weighted by molar-refractivity contribution is 7.89. The fourth-order valence-electron chi connectivity index (χ4n) is 4.35. The first-order chi connectivity index (χ1) is 19.3. The molecule has 11 nitrogen and oxygen atoms in total. The number of anilines is 1. The highest BCUT2D eigenvalue weighted by Crippen LogP contribution is 2.31. The average Bonchev–Trinajstić information content (AvgIpc) is 3.58. The molecule has 0 radical (unpaired) electrons. The summed E-state index contributed by atoms with van der Waals surface area (Å²) in [5.41, 5.74) is 2.63. The molecule has 41 heavy (non-hydrogen) atoms. The lowest BCUT2D eigenvalue weighted by molar-refractivity contribution is -0.142. The van der Waals surface area contributed by atoms with Gasteiger partial charge in [0.1, 0.15) is 11.5 Å². The van der Waals surface area contributed by atoms with E-state index in [-0.39, 0.29) is 11.5 Å². The molecule has 4 aromatic rings. The second-order valence-corrected chi connectivity index (χ2v) is 13.0. The number of thiazole rings is 1. The molecule has 0 aliphatic carbocycles. The van der Waals surface area contributed by atoms with E-state index in [0.29, 0.717) is 29.5 Å². The van der Waals surface area contributed by atoms with Gasteiger partial charge in [0.15, 0.2) is 5.13 Å². The van der Waals surface area contributed by atoms with Crippen LogP contribution >= 0.6 is 11.3 Å². The van der Waals surface area contributed by atoms with Crippen molar-refractivity contribution in [2.75, 3.05) is 18.1 Å². The van der Waals surface area contributed by atoms with Gasteiger partial charge < -0.3 is 15.3 Å². The van der Waals surface area contributed by atoms with Crippen LogP contribution in [0.3, 0.4) is 0 Å². The van der Waals surface area contributed by atoms with Crippen LogP contribution in [0.2, 0.25) is 0 Å². The van der Waals surface area contributed by atoms with Crippen LogP contribution in [0, 0.1) is 0 Å². The number of hydrogen-bond acceptors (Lipinski definition) is 8. The second kappa shape index (κ2) is 10.6. The number of benzene rings is 1. The zero-order chi connectivity index (χ0) is 29.5. The molecule has 1 fully saturated rings. The van der Waals surface area contributed by atoms with Gasteiger partial charge in [0.25, 0.3) is 5.91 Å². The first-order valence-corrected chi connectivity index (χ1v) is 15.3. The Bertz CT molecular complexity index is 1780. The summed E-state index contributed by atoms with van der Waals surface area (Å²) in [5, 5.41) is 14.6. The quantitative estimate of drug-likeness (QED) is 0.314. The number of carboxylic acids is 1. The van der Waals surface area contributed by atoms with Crippen molar-refractivity contribution in [3.8, 4) is 22.4 Å². The third-order valence-corrected chi connectivity index (χ3v) is 8.79. The Morgan fingerprint density at radius 2 is 1.83 bits per heavy atom. The minimum Gasteiger partial charge on any atom is -0.481 e. The summed E-state index contributed by atoms with van der Waals surface area (Å²) >= 11 is 1.26. The standard InChI is InChI=1S/C28H27N5O6S2/c1-28(2,26(36)37)23-14-18(7-10-29-23)17-5-4-6-19(13-17)21-16-40-27(30-21)31-24(34)22-9-12-33(22)25(35)20-8-11-32(15-20)41(3,38)39/h4-8,10-11,13-16,22H,9,12H2,1-3H3,(H,36,37)(H,30,31,34)/t22-/m0/s1. The number of carbonyl (C=O) groups is 3. The maximum Gasteiger partial charge on any atom is 0.315 e.